The van der Waals surface area contributed by atoms with Crippen molar-refractivity contribution in [1.29, 1.82) is 0 Å². The van der Waals surface area contributed by atoms with Gasteiger partial charge in [0.15, 0.2) is 0 Å². The number of anilines is 1. The number of hydrogen-bond donors (Lipinski definition) is 1. The highest BCUT2D eigenvalue weighted by atomic mass is 19.1. The molecule has 18 heavy (non-hydrogen) atoms. The van der Waals surface area contributed by atoms with Gasteiger partial charge in [-0.2, -0.15) is 4.39 Å². The molecule has 1 N–H and O–H groups in total. The normalized spacial score (nSPS) is 14.5. The van der Waals surface area contributed by atoms with E-state index in [0.29, 0.717) is 0 Å². The summed E-state index contributed by atoms with van der Waals surface area (Å²) in [5.74, 6) is 0.328. The molecule has 92 valence electrons. The molecule has 1 heterocycles. The molecular weight excluding hydrogens is 227 g/mol. The second kappa shape index (κ2) is 4.77. The average Bonchev–Trinajstić information content (AvgIpc) is 3.23. The number of hydrogen-bond acceptors (Lipinski definition) is 2. The van der Waals surface area contributed by atoms with Crippen molar-refractivity contribution in [2.24, 2.45) is 0 Å². The Balaban J connectivity index is 1.65. The van der Waals surface area contributed by atoms with Crippen molar-refractivity contribution in [1.82, 2.24) is 4.98 Å². The lowest BCUT2D eigenvalue weighted by Crippen LogP contribution is -2.00. The molecule has 0 atom stereocenters. The number of nitrogens with zero attached hydrogens (tertiary/aromatic N) is 1. The third-order valence-electron chi connectivity index (χ3n) is 3.22. The number of halogens is 1. The van der Waals surface area contributed by atoms with E-state index in [9.17, 15) is 4.39 Å². The van der Waals surface area contributed by atoms with Gasteiger partial charge in [-0.05, 0) is 42.0 Å². The van der Waals surface area contributed by atoms with E-state index in [2.05, 4.69) is 34.6 Å². The third kappa shape index (κ3) is 2.67. The SMILES string of the molecule is Fc1ccc(NCc2cccc(C3CC3)c2)cn1. The molecule has 1 aromatic heterocycles. The molecule has 3 rings (SSSR count). The second-order valence-electron chi connectivity index (χ2n) is 4.74. The fourth-order valence-electron chi connectivity index (χ4n) is 2.06. The molecule has 1 saturated carbocycles. The van der Waals surface area contributed by atoms with Gasteiger partial charge in [-0.3, -0.25) is 0 Å². The summed E-state index contributed by atoms with van der Waals surface area (Å²) in [6.07, 6.45) is 4.15. The smallest absolute Gasteiger partial charge is 0.212 e. The van der Waals surface area contributed by atoms with Gasteiger partial charge in [-0.1, -0.05) is 24.3 Å². The van der Waals surface area contributed by atoms with Crippen molar-refractivity contribution in [2.45, 2.75) is 25.3 Å². The topological polar surface area (TPSA) is 24.9 Å². The Morgan fingerprint density at radius 2 is 2.11 bits per heavy atom. The van der Waals surface area contributed by atoms with Crippen LogP contribution >= 0.6 is 0 Å². The first-order valence-corrected chi connectivity index (χ1v) is 6.25. The number of rotatable bonds is 4. The van der Waals surface area contributed by atoms with E-state index in [4.69, 9.17) is 0 Å². The van der Waals surface area contributed by atoms with Crippen LogP contribution in [0.5, 0.6) is 0 Å². The number of pyridine rings is 1. The molecule has 1 aromatic carbocycles. The Hall–Kier alpha value is -1.90. The van der Waals surface area contributed by atoms with Gasteiger partial charge < -0.3 is 5.32 Å². The fraction of sp³-hybridized carbons (Fsp3) is 0.267. The van der Waals surface area contributed by atoms with Gasteiger partial charge in [0.25, 0.3) is 0 Å². The molecule has 0 radical (unpaired) electrons. The predicted octanol–water partition coefficient (Wildman–Crippen LogP) is 3.71. The molecule has 0 spiro atoms. The highest BCUT2D eigenvalue weighted by molar-refractivity contribution is 5.41. The van der Waals surface area contributed by atoms with Crippen LogP contribution in [0.1, 0.15) is 29.9 Å². The van der Waals surface area contributed by atoms with Gasteiger partial charge in [-0.25, -0.2) is 4.98 Å². The lowest BCUT2D eigenvalue weighted by atomic mass is 10.1. The van der Waals surface area contributed by atoms with E-state index in [1.165, 1.54) is 36.2 Å². The Labute approximate surface area is 106 Å². The molecule has 1 aliphatic carbocycles. The first-order chi connectivity index (χ1) is 8.81. The van der Waals surface area contributed by atoms with Crippen molar-refractivity contribution >= 4 is 5.69 Å². The fourth-order valence-corrected chi connectivity index (χ4v) is 2.06. The molecule has 2 aromatic rings. The maximum Gasteiger partial charge on any atom is 0.212 e. The standard InChI is InChI=1S/C15H15FN2/c16-15-7-6-14(10-18-15)17-9-11-2-1-3-13(8-11)12-4-5-12/h1-3,6-8,10,12,17H,4-5,9H2. The van der Waals surface area contributed by atoms with Crippen molar-refractivity contribution < 1.29 is 4.39 Å². The van der Waals surface area contributed by atoms with Crippen LogP contribution < -0.4 is 5.32 Å². The summed E-state index contributed by atoms with van der Waals surface area (Å²) in [6.45, 7) is 0.744. The predicted molar refractivity (Wildman–Crippen MR) is 69.9 cm³/mol. The Kier molecular flexibility index (Phi) is 2.97. The Morgan fingerprint density at radius 3 is 2.83 bits per heavy atom. The van der Waals surface area contributed by atoms with Crippen LogP contribution in [0.2, 0.25) is 0 Å². The minimum absolute atomic E-state index is 0.448. The van der Waals surface area contributed by atoms with Gasteiger partial charge in [0, 0.05) is 6.54 Å². The van der Waals surface area contributed by atoms with Crippen LogP contribution in [-0.4, -0.2) is 4.98 Å². The summed E-state index contributed by atoms with van der Waals surface area (Å²) < 4.78 is 12.7. The van der Waals surface area contributed by atoms with Gasteiger partial charge in [0.1, 0.15) is 0 Å². The van der Waals surface area contributed by atoms with E-state index in [-0.39, 0.29) is 0 Å². The summed E-state index contributed by atoms with van der Waals surface area (Å²) >= 11 is 0. The zero-order valence-electron chi connectivity index (χ0n) is 10.1. The quantitative estimate of drug-likeness (QED) is 0.827. The summed E-state index contributed by atoms with van der Waals surface area (Å²) in [6, 6.07) is 11.7. The molecule has 0 bridgehead atoms. The molecule has 3 heteroatoms. The molecule has 0 unspecified atom stereocenters. The lowest BCUT2D eigenvalue weighted by molar-refractivity contribution is 0.584. The van der Waals surface area contributed by atoms with Crippen molar-refractivity contribution in [3.05, 3.63) is 59.7 Å². The van der Waals surface area contributed by atoms with Crippen molar-refractivity contribution in [3.8, 4) is 0 Å². The maximum absolute atomic E-state index is 12.7. The van der Waals surface area contributed by atoms with Crippen LogP contribution in [0.15, 0.2) is 42.6 Å². The molecule has 2 nitrogen and oxygen atoms in total. The molecule has 0 amide bonds. The molecule has 0 saturated heterocycles. The van der Waals surface area contributed by atoms with Crippen LogP contribution in [0.4, 0.5) is 10.1 Å². The minimum Gasteiger partial charge on any atom is -0.380 e. The zero-order valence-corrected chi connectivity index (χ0v) is 10.1. The molecule has 1 aliphatic rings. The number of aromatic nitrogens is 1. The van der Waals surface area contributed by atoms with E-state index >= 15 is 0 Å². The van der Waals surface area contributed by atoms with E-state index in [1.54, 1.807) is 6.07 Å². The lowest BCUT2D eigenvalue weighted by Gasteiger charge is -2.07. The molecule has 0 aliphatic heterocycles. The van der Waals surface area contributed by atoms with E-state index in [1.807, 2.05) is 0 Å². The summed E-state index contributed by atoms with van der Waals surface area (Å²) in [4.78, 5) is 3.62. The summed E-state index contributed by atoms with van der Waals surface area (Å²) in [5.41, 5.74) is 3.53. The van der Waals surface area contributed by atoms with Crippen molar-refractivity contribution in [2.75, 3.05) is 5.32 Å². The summed E-state index contributed by atoms with van der Waals surface area (Å²) in [5, 5.41) is 3.25. The number of nitrogens with one attached hydrogen (secondary N) is 1. The van der Waals surface area contributed by atoms with Gasteiger partial charge in [0.2, 0.25) is 5.95 Å². The number of benzene rings is 1. The minimum atomic E-state index is -0.448. The van der Waals surface area contributed by atoms with Crippen LogP contribution in [0.3, 0.4) is 0 Å². The average molecular weight is 242 g/mol. The largest absolute Gasteiger partial charge is 0.380 e. The van der Waals surface area contributed by atoms with Gasteiger partial charge in [-0.15, -0.1) is 0 Å². The van der Waals surface area contributed by atoms with E-state index < -0.39 is 5.95 Å². The van der Waals surface area contributed by atoms with Gasteiger partial charge in [0.05, 0.1) is 11.9 Å². The molecular formula is C15H15FN2. The van der Waals surface area contributed by atoms with Crippen LogP contribution in [0, 0.1) is 5.95 Å². The molecule has 1 fully saturated rings. The van der Waals surface area contributed by atoms with Crippen LogP contribution in [-0.2, 0) is 6.54 Å². The highest BCUT2D eigenvalue weighted by Crippen LogP contribution is 2.40. The highest BCUT2D eigenvalue weighted by Gasteiger charge is 2.23. The maximum atomic E-state index is 12.7. The monoisotopic (exact) mass is 242 g/mol. The Bertz CT molecular complexity index is 532. The first-order valence-electron chi connectivity index (χ1n) is 6.25. The Morgan fingerprint density at radius 1 is 1.22 bits per heavy atom. The van der Waals surface area contributed by atoms with E-state index in [0.717, 1.165) is 18.2 Å². The van der Waals surface area contributed by atoms with Gasteiger partial charge >= 0.3 is 0 Å². The zero-order chi connectivity index (χ0) is 12.4. The third-order valence-corrected chi connectivity index (χ3v) is 3.22. The first kappa shape index (κ1) is 11.2. The van der Waals surface area contributed by atoms with Crippen molar-refractivity contribution in [3.63, 3.8) is 0 Å². The second-order valence-corrected chi connectivity index (χ2v) is 4.74. The summed E-state index contributed by atoms with van der Waals surface area (Å²) in [7, 11) is 0. The van der Waals surface area contributed by atoms with Crippen LogP contribution in [0.25, 0.3) is 0 Å².